The third kappa shape index (κ3) is 3.42. The zero-order valence-corrected chi connectivity index (χ0v) is 20.6. The van der Waals surface area contributed by atoms with E-state index in [9.17, 15) is 4.79 Å². The molecule has 3 atom stereocenters. The molecular weight excluding hydrogens is 512 g/mol. The number of carbonyl (C=O) groups excluding carboxylic acids is 1. The molecule has 4 aromatic rings. The van der Waals surface area contributed by atoms with Crippen LogP contribution in [0.4, 0.5) is 5.69 Å². The highest BCUT2D eigenvalue weighted by Gasteiger charge is 2.61. The van der Waals surface area contributed by atoms with Crippen LogP contribution < -0.4 is 5.06 Å². The fraction of sp³-hybridized carbons (Fsp3) is 0.179. The summed E-state index contributed by atoms with van der Waals surface area (Å²) >= 11 is 9.80. The third-order valence-corrected chi connectivity index (χ3v) is 7.73. The molecule has 3 aromatic carbocycles. The van der Waals surface area contributed by atoms with E-state index >= 15 is 0 Å². The van der Waals surface area contributed by atoms with Crippen LogP contribution in [0.1, 0.15) is 40.0 Å². The molecule has 3 unspecified atom stereocenters. The van der Waals surface area contributed by atoms with Crippen molar-refractivity contribution < 1.29 is 9.63 Å². The maximum Gasteiger partial charge on any atom is 0.214 e. The van der Waals surface area contributed by atoms with Gasteiger partial charge < -0.3 is 4.57 Å². The quantitative estimate of drug-likeness (QED) is 0.279. The molecule has 3 heterocycles. The molecular formula is C28H22BrClN2O2. The minimum absolute atomic E-state index is 0.0223. The lowest BCUT2D eigenvalue weighted by Crippen LogP contribution is -2.48. The zero-order valence-electron chi connectivity index (χ0n) is 18.3. The summed E-state index contributed by atoms with van der Waals surface area (Å²) in [6, 6.07) is 29.8. The minimum atomic E-state index is -1.03. The van der Waals surface area contributed by atoms with Crippen molar-refractivity contribution in [2.75, 3.05) is 5.06 Å². The number of aromatic nitrogens is 1. The molecule has 0 saturated carbocycles. The van der Waals surface area contributed by atoms with Gasteiger partial charge in [-0.05, 0) is 59.7 Å². The van der Waals surface area contributed by atoms with Gasteiger partial charge in [-0.2, -0.15) is 0 Å². The first-order chi connectivity index (χ1) is 16.6. The Morgan fingerprint density at radius 3 is 2.32 bits per heavy atom. The SMILES string of the molecule is O=C1c2cccn2CCC12ON(c1ccccc1)C(c1ccc(Cl)cc1)C2c1ccc(Br)cc1. The van der Waals surface area contributed by atoms with Gasteiger partial charge in [0, 0.05) is 28.7 Å². The Morgan fingerprint density at radius 2 is 1.59 bits per heavy atom. The summed E-state index contributed by atoms with van der Waals surface area (Å²) in [4.78, 5) is 21.0. The highest BCUT2D eigenvalue weighted by Crippen LogP contribution is 2.56. The van der Waals surface area contributed by atoms with Gasteiger partial charge in [0.2, 0.25) is 5.78 Å². The lowest BCUT2D eigenvalue weighted by molar-refractivity contribution is -0.0195. The number of Topliss-reactive ketones (excluding diaryl/α,β-unsaturated/α-hetero) is 1. The lowest BCUT2D eigenvalue weighted by atomic mass is 9.70. The number of hydrogen-bond donors (Lipinski definition) is 0. The number of ketones is 1. The molecule has 4 nitrogen and oxygen atoms in total. The molecule has 1 spiro atoms. The van der Waals surface area contributed by atoms with Gasteiger partial charge >= 0.3 is 0 Å². The summed E-state index contributed by atoms with van der Waals surface area (Å²) in [6.07, 6.45) is 2.55. The number of fused-ring (bicyclic) bond motifs is 1. The number of halogens is 2. The van der Waals surface area contributed by atoms with E-state index in [1.54, 1.807) is 0 Å². The highest BCUT2D eigenvalue weighted by molar-refractivity contribution is 9.10. The topological polar surface area (TPSA) is 34.5 Å². The predicted octanol–water partition coefficient (Wildman–Crippen LogP) is 7.21. The first-order valence-corrected chi connectivity index (χ1v) is 12.5. The molecule has 1 aromatic heterocycles. The Balaban J connectivity index is 1.59. The van der Waals surface area contributed by atoms with Crippen molar-refractivity contribution in [2.45, 2.75) is 30.5 Å². The Hall–Kier alpha value is -2.86. The number of nitrogens with zero attached hydrogens (tertiary/aromatic N) is 2. The fourth-order valence-electron chi connectivity index (χ4n) is 5.39. The van der Waals surface area contributed by atoms with Gasteiger partial charge in [0.25, 0.3) is 0 Å². The monoisotopic (exact) mass is 532 g/mol. The average molecular weight is 534 g/mol. The molecule has 2 aliphatic rings. The molecule has 6 heteroatoms. The fourth-order valence-corrected chi connectivity index (χ4v) is 5.78. The third-order valence-electron chi connectivity index (χ3n) is 6.95. The molecule has 34 heavy (non-hydrogen) atoms. The summed E-state index contributed by atoms with van der Waals surface area (Å²) in [6.45, 7) is 0.719. The number of rotatable bonds is 3. The smallest absolute Gasteiger partial charge is 0.214 e. The van der Waals surface area contributed by atoms with Crippen molar-refractivity contribution in [3.8, 4) is 0 Å². The van der Waals surface area contributed by atoms with Crippen molar-refractivity contribution >= 4 is 39.0 Å². The molecule has 170 valence electrons. The van der Waals surface area contributed by atoms with E-state index in [4.69, 9.17) is 16.4 Å². The predicted molar refractivity (Wildman–Crippen MR) is 137 cm³/mol. The highest BCUT2D eigenvalue weighted by atomic mass is 79.9. The van der Waals surface area contributed by atoms with Crippen LogP contribution in [0, 0.1) is 0 Å². The Kier molecular flexibility index (Phi) is 5.36. The van der Waals surface area contributed by atoms with Gasteiger partial charge in [0.1, 0.15) is 0 Å². The van der Waals surface area contributed by atoms with E-state index in [2.05, 4.69) is 28.1 Å². The Labute approximate surface area is 211 Å². The van der Waals surface area contributed by atoms with Crippen LogP contribution in [0.3, 0.4) is 0 Å². The van der Waals surface area contributed by atoms with E-state index in [1.165, 1.54) is 0 Å². The summed E-state index contributed by atoms with van der Waals surface area (Å²) in [5, 5.41) is 2.61. The second-order valence-corrected chi connectivity index (χ2v) is 10.2. The number of hydrogen-bond acceptors (Lipinski definition) is 3. The molecule has 0 amide bonds. The number of hydroxylamine groups is 1. The number of carbonyl (C=O) groups is 1. The normalized spacial score (nSPS) is 23.9. The van der Waals surface area contributed by atoms with E-state index < -0.39 is 5.60 Å². The minimum Gasteiger partial charge on any atom is -0.345 e. The van der Waals surface area contributed by atoms with Crippen molar-refractivity contribution in [2.24, 2.45) is 0 Å². The van der Waals surface area contributed by atoms with Gasteiger partial charge in [0.15, 0.2) is 5.60 Å². The van der Waals surface area contributed by atoms with Crippen molar-refractivity contribution in [3.63, 3.8) is 0 Å². The standard InChI is InChI=1S/C28H22BrClN2O2/c29-21-12-8-19(9-13-21)25-26(20-10-14-22(30)15-11-20)32(23-5-2-1-3-6-23)34-28(25)16-18-31-17-4-7-24(31)27(28)33/h1-15,17,25-26H,16,18H2. The van der Waals surface area contributed by atoms with Crippen molar-refractivity contribution in [1.29, 1.82) is 0 Å². The summed E-state index contributed by atoms with van der Waals surface area (Å²) in [5.41, 5.74) is 2.69. The molecule has 0 bridgehead atoms. The summed E-state index contributed by atoms with van der Waals surface area (Å²) in [5.74, 6) is -0.202. The largest absolute Gasteiger partial charge is 0.345 e. The molecule has 1 saturated heterocycles. The number of para-hydroxylation sites is 1. The Morgan fingerprint density at radius 1 is 0.882 bits per heavy atom. The first-order valence-electron chi connectivity index (χ1n) is 11.3. The van der Waals surface area contributed by atoms with Gasteiger partial charge in [-0.3, -0.25) is 9.63 Å². The maximum atomic E-state index is 14.2. The number of anilines is 1. The Bertz CT molecular complexity index is 1340. The number of benzene rings is 3. The molecule has 0 aliphatic carbocycles. The maximum absolute atomic E-state index is 14.2. The second-order valence-electron chi connectivity index (χ2n) is 8.83. The zero-order chi connectivity index (χ0) is 23.3. The number of aryl methyl sites for hydroxylation is 1. The van der Waals surface area contributed by atoms with Crippen LogP contribution in [-0.2, 0) is 11.4 Å². The first kappa shape index (κ1) is 21.7. The van der Waals surface area contributed by atoms with E-state index in [0.717, 1.165) is 27.8 Å². The molecule has 0 radical (unpaired) electrons. The van der Waals surface area contributed by atoms with Gasteiger partial charge in [0.05, 0.1) is 23.3 Å². The van der Waals surface area contributed by atoms with E-state index in [1.807, 2.05) is 94.7 Å². The molecule has 1 fully saturated rings. The average Bonchev–Trinajstić information content (AvgIpc) is 3.47. The molecule has 2 aliphatic heterocycles. The van der Waals surface area contributed by atoms with E-state index in [0.29, 0.717) is 17.1 Å². The van der Waals surface area contributed by atoms with E-state index in [-0.39, 0.29) is 17.7 Å². The van der Waals surface area contributed by atoms with Gasteiger partial charge in [-0.15, -0.1) is 0 Å². The summed E-state index contributed by atoms with van der Waals surface area (Å²) < 4.78 is 3.02. The van der Waals surface area contributed by atoms with Gasteiger partial charge in [-0.25, -0.2) is 5.06 Å². The van der Waals surface area contributed by atoms with Crippen molar-refractivity contribution in [1.82, 2.24) is 4.57 Å². The van der Waals surface area contributed by atoms with Crippen LogP contribution >= 0.6 is 27.5 Å². The van der Waals surface area contributed by atoms with Crippen LogP contribution in [0.15, 0.2) is 102 Å². The lowest BCUT2D eigenvalue weighted by Gasteiger charge is -2.36. The van der Waals surface area contributed by atoms with Crippen LogP contribution in [-0.4, -0.2) is 16.0 Å². The van der Waals surface area contributed by atoms with Crippen LogP contribution in [0.5, 0.6) is 0 Å². The second kappa shape index (κ2) is 8.42. The summed E-state index contributed by atoms with van der Waals surface area (Å²) in [7, 11) is 0. The van der Waals surface area contributed by atoms with Crippen LogP contribution in [0.2, 0.25) is 5.02 Å². The van der Waals surface area contributed by atoms with Crippen LogP contribution in [0.25, 0.3) is 0 Å². The molecule has 6 rings (SSSR count). The molecule has 0 N–H and O–H groups in total. The van der Waals surface area contributed by atoms with Gasteiger partial charge in [-0.1, -0.05) is 70.0 Å². The van der Waals surface area contributed by atoms with Crippen molar-refractivity contribution in [3.05, 3.63) is 124 Å².